The number of fused-ring (bicyclic) bond motifs is 9. The summed E-state index contributed by atoms with van der Waals surface area (Å²) in [5, 5.41) is 5.16. The van der Waals surface area contributed by atoms with E-state index in [1.54, 1.807) is 11.1 Å². The number of hydrogen-bond acceptors (Lipinski definition) is 2. The van der Waals surface area contributed by atoms with Crippen LogP contribution in [0.1, 0.15) is 43.2 Å². The minimum Gasteiger partial charge on any atom is -0.310 e. The fourth-order valence-electron chi connectivity index (χ4n) is 13.5. The second-order valence-corrected chi connectivity index (χ2v) is 19.6. The average Bonchev–Trinajstić information content (AvgIpc) is 3.95. The van der Waals surface area contributed by atoms with E-state index in [0.717, 1.165) is 40.7 Å². The highest BCUT2D eigenvalue weighted by molar-refractivity contribution is 7.25. The van der Waals surface area contributed by atoms with Crippen LogP contribution in [-0.2, 0) is 5.41 Å². The maximum Gasteiger partial charge on any atom is 0.0561 e. The van der Waals surface area contributed by atoms with Gasteiger partial charge in [0, 0.05) is 59.1 Å². The Kier molecular flexibility index (Phi) is 7.20. The van der Waals surface area contributed by atoms with Gasteiger partial charge in [-0.15, -0.1) is 11.3 Å². The molecule has 2 heterocycles. The van der Waals surface area contributed by atoms with E-state index in [-0.39, 0.29) is 5.41 Å². The highest BCUT2D eigenvalue weighted by atomic mass is 32.1. The van der Waals surface area contributed by atoms with Crippen LogP contribution >= 0.6 is 11.3 Å². The Morgan fingerprint density at radius 3 is 1.87 bits per heavy atom. The van der Waals surface area contributed by atoms with Gasteiger partial charge in [0.05, 0.1) is 11.0 Å². The van der Waals surface area contributed by atoms with Gasteiger partial charge >= 0.3 is 0 Å². The molecule has 5 aliphatic rings. The molecular formula is C58H44N2S. The molecule has 0 aliphatic heterocycles. The third-order valence-corrected chi connectivity index (χ3v) is 16.7. The average molecular weight is 801 g/mol. The van der Waals surface area contributed by atoms with E-state index >= 15 is 0 Å². The lowest BCUT2D eigenvalue weighted by Gasteiger charge is -2.61. The molecule has 0 saturated heterocycles. The molecule has 0 amide bonds. The van der Waals surface area contributed by atoms with Gasteiger partial charge in [0.2, 0.25) is 0 Å². The van der Waals surface area contributed by atoms with Crippen LogP contribution in [0.3, 0.4) is 0 Å². The molecule has 61 heavy (non-hydrogen) atoms. The van der Waals surface area contributed by atoms with Crippen molar-refractivity contribution in [1.82, 2.24) is 4.57 Å². The van der Waals surface area contributed by atoms with Crippen molar-refractivity contribution < 1.29 is 0 Å². The first-order chi connectivity index (χ1) is 30.2. The number of para-hydroxylation sites is 2. The molecule has 292 valence electrons. The van der Waals surface area contributed by atoms with E-state index in [1.807, 2.05) is 11.3 Å². The standard InChI is InChI=1S/C58H44N2S/c1-2-11-41(12-3-1)60-53-19-8-5-13-46(53)47-27-25-43(34-54(47)60)59(44-26-28-49-48-14-6-9-20-55(48)61-56(49)35-44)42-23-21-38(22-24-42)45-16-10-18-52-57(45)50-15-4-7-17-51(50)58(52)39-30-36-29-37(32-39)33-40(58)31-36/h1-28,34-37,39-40H,29-33H2. The lowest BCUT2D eigenvalue weighted by molar-refractivity contribution is -0.0399. The molecule has 0 radical (unpaired) electrons. The van der Waals surface area contributed by atoms with Crippen molar-refractivity contribution in [3.63, 3.8) is 0 Å². The van der Waals surface area contributed by atoms with Gasteiger partial charge in [-0.25, -0.2) is 0 Å². The molecule has 4 fully saturated rings. The summed E-state index contributed by atoms with van der Waals surface area (Å²) >= 11 is 1.88. The van der Waals surface area contributed by atoms with E-state index in [0.29, 0.717) is 0 Å². The maximum absolute atomic E-state index is 2.52. The zero-order valence-corrected chi connectivity index (χ0v) is 34.8. The summed E-state index contributed by atoms with van der Waals surface area (Å²) < 4.78 is 5.05. The van der Waals surface area contributed by atoms with Crippen molar-refractivity contribution in [3.05, 3.63) is 193 Å². The summed E-state index contributed by atoms with van der Waals surface area (Å²) in [7, 11) is 0. The van der Waals surface area contributed by atoms with Gasteiger partial charge in [-0.3, -0.25) is 0 Å². The number of benzene rings is 8. The molecule has 2 nitrogen and oxygen atoms in total. The number of aromatic nitrogens is 1. The molecule has 3 heteroatoms. The Bertz CT molecular complexity index is 3360. The minimum atomic E-state index is 0.165. The molecule has 2 aromatic heterocycles. The second kappa shape index (κ2) is 12.8. The van der Waals surface area contributed by atoms with Gasteiger partial charge in [-0.05, 0) is 150 Å². The summed E-state index contributed by atoms with van der Waals surface area (Å²) in [5.74, 6) is 3.39. The summed E-state index contributed by atoms with van der Waals surface area (Å²) in [5.41, 5.74) is 16.1. The molecule has 8 aromatic carbocycles. The third kappa shape index (κ3) is 4.79. The van der Waals surface area contributed by atoms with Crippen molar-refractivity contribution in [3.8, 4) is 27.9 Å². The molecule has 4 bridgehead atoms. The largest absolute Gasteiger partial charge is 0.310 e. The van der Waals surface area contributed by atoms with Crippen molar-refractivity contribution >= 4 is 70.4 Å². The van der Waals surface area contributed by atoms with Crippen LogP contribution < -0.4 is 4.90 Å². The van der Waals surface area contributed by atoms with E-state index < -0.39 is 0 Å². The van der Waals surface area contributed by atoms with E-state index in [1.165, 1.54) is 102 Å². The monoisotopic (exact) mass is 800 g/mol. The van der Waals surface area contributed by atoms with Gasteiger partial charge in [-0.1, -0.05) is 121 Å². The molecule has 5 aliphatic carbocycles. The topological polar surface area (TPSA) is 8.17 Å². The van der Waals surface area contributed by atoms with Gasteiger partial charge in [-0.2, -0.15) is 0 Å². The van der Waals surface area contributed by atoms with Gasteiger partial charge < -0.3 is 9.47 Å². The zero-order valence-electron chi connectivity index (χ0n) is 34.0. The number of nitrogens with zero attached hydrogens (tertiary/aromatic N) is 2. The minimum absolute atomic E-state index is 0.165. The van der Waals surface area contributed by atoms with Crippen molar-refractivity contribution in [2.45, 2.75) is 37.5 Å². The second-order valence-electron chi connectivity index (χ2n) is 18.5. The molecule has 0 atom stereocenters. The predicted molar refractivity (Wildman–Crippen MR) is 257 cm³/mol. The molecular weight excluding hydrogens is 757 g/mol. The Hall–Kier alpha value is -6.42. The van der Waals surface area contributed by atoms with Gasteiger partial charge in [0.15, 0.2) is 0 Å². The summed E-state index contributed by atoms with van der Waals surface area (Å²) in [4.78, 5) is 2.47. The Morgan fingerprint density at radius 1 is 0.443 bits per heavy atom. The fourth-order valence-corrected chi connectivity index (χ4v) is 14.6. The normalized spacial score (nSPS) is 22.2. The van der Waals surface area contributed by atoms with E-state index in [9.17, 15) is 0 Å². The number of thiophene rings is 1. The molecule has 15 rings (SSSR count). The summed E-state index contributed by atoms with van der Waals surface area (Å²) in [6, 6.07) is 68.8. The zero-order chi connectivity index (χ0) is 39.8. The summed E-state index contributed by atoms with van der Waals surface area (Å²) in [6.45, 7) is 0. The first-order valence-corrected chi connectivity index (χ1v) is 23.2. The van der Waals surface area contributed by atoms with Crippen LogP contribution in [-0.4, -0.2) is 4.57 Å². The Labute approximate surface area is 360 Å². The van der Waals surface area contributed by atoms with Crippen LogP contribution in [0.5, 0.6) is 0 Å². The Morgan fingerprint density at radius 2 is 1.05 bits per heavy atom. The van der Waals surface area contributed by atoms with Crippen LogP contribution in [0.25, 0.3) is 69.9 Å². The number of hydrogen-bond donors (Lipinski definition) is 0. The van der Waals surface area contributed by atoms with Gasteiger partial charge in [0.25, 0.3) is 0 Å². The quantitative estimate of drug-likeness (QED) is 0.168. The first kappa shape index (κ1) is 34.3. The third-order valence-electron chi connectivity index (χ3n) is 15.6. The fraction of sp³-hybridized carbons (Fsp3) is 0.172. The SMILES string of the molecule is c1ccc(-n2c3ccccc3c3ccc(N(c4ccc(-c5cccc6c5-c5ccccc5C65C6CC7CC(C6)CC5C7)cc4)c4ccc5c(c4)sc4ccccc45)cc32)cc1. The summed E-state index contributed by atoms with van der Waals surface area (Å²) in [6.07, 6.45) is 7.09. The first-order valence-electron chi connectivity index (χ1n) is 22.3. The predicted octanol–water partition coefficient (Wildman–Crippen LogP) is 16.0. The molecule has 0 unspecified atom stereocenters. The highest BCUT2D eigenvalue weighted by Crippen LogP contribution is 2.70. The molecule has 0 N–H and O–H groups in total. The lowest BCUT2D eigenvalue weighted by atomic mass is 9.43. The molecule has 1 spiro atoms. The number of anilines is 3. The van der Waals surface area contributed by atoms with E-state index in [4.69, 9.17) is 0 Å². The van der Waals surface area contributed by atoms with Crippen molar-refractivity contribution in [2.24, 2.45) is 23.7 Å². The van der Waals surface area contributed by atoms with Crippen LogP contribution in [0, 0.1) is 23.7 Å². The van der Waals surface area contributed by atoms with Gasteiger partial charge in [0.1, 0.15) is 0 Å². The molecule has 4 saturated carbocycles. The van der Waals surface area contributed by atoms with Crippen LogP contribution in [0.15, 0.2) is 182 Å². The highest BCUT2D eigenvalue weighted by Gasteiger charge is 2.61. The molecule has 10 aromatic rings. The smallest absolute Gasteiger partial charge is 0.0561 e. The van der Waals surface area contributed by atoms with Crippen LogP contribution in [0.4, 0.5) is 17.1 Å². The number of rotatable bonds is 5. The van der Waals surface area contributed by atoms with E-state index in [2.05, 4.69) is 191 Å². The lowest BCUT2D eigenvalue weighted by Crippen LogP contribution is -2.55. The Balaban J connectivity index is 0.940. The maximum atomic E-state index is 2.52. The van der Waals surface area contributed by atoms with Crippen molar-refractivity contribution in [1.29, 1.82) is 0 Å². The van der Waals surface area contributed by atoms with Crippen LogP contribution in [0.2, 0.25) is 0 Å². The van der Waals surface area contributed by atoms with Crippen molar-refractivity contribution in [2.75, 3.05) is 4.90 Å².